The largest absolute Gasteiger partial charge is 0.481 e. The summed E-state index contributed by atoms with van der Waals surface area (Å²) >= 11 is 0. The Labute approximate surface area is 95.3 Å². The standard InChI is InChI=1S/C12H18N2O2/c1-4-14-9(3)11(8(2)13-14)12(5-6-12)7-10(15)16/h4-7H2,1-3H3,(H,15,16). The number of carboxylic acids is 1. The SMILES string of the molecule is CCn1nc(C)c(C2(CC(=O)O)CC2)c1C. The van der Waals surface area contributed by atoms with Gasteiger partial charge < -0.3 is 5.11 Å². The number of nitrogens with zero attached hydrogens (tertiary/aromatic N) is 2. The van der Waals surface area contributed by atoms with Crippen LogP contribution in [0.5, 0.6) is 0 Å². The lowest BCUT2D eigenvalue weighted by molar-refractivity contribution is -0.137. The van der Waals surface area contributed by atoms with Gasteiger partial charge in [0.2, 0.25) is 0 Å². The zero-order chi connectivity index (χ0) is 11.9. The van der Waals surface area contributed by atoms with E-state index in [0.717, 1.165) is 30.8 Å². The molecule has 16 heavy (non-hydrogen) atoms. The Kier molecular flexibility index (Phi) is 2.52. The summed E-state index contributed by atoms with van der Waals surface area (Å²) in [4.78, 5) is 10.9. The van der Waals surface area contributed by atoms with Crippen molar-refractivity contribution in [1.29, 1.82) is 0 Å². The highest BCUT2D eigenvalue weighted by Gasteiger charge is 2.49. The molecular weight excluding hydrogens is 204 g/mol. The first kappa shape index (κ1) is 11.2. The van der Waals surface area contributed by atoms with Gasteiger partial charge in [-0.15, -0.1) is 0 Å². The lowest BCUT2D eigenvalue weighted by Gasteiger charge is -2.13. The van der Waals surface area contributed by atoms with Crippen LogP contribution in [0.3, 0.4) is 0 Å². The molecule has 0 radical (unpaired) electrons. The first-order valence-electron chi connectivity index (χ1n) is 5.76. The summed E-state index contributed by atoms with van der Waals surface area (Å²) < 4.78 is 1.96. The number of rotatable bonds is 4. The van der Waals surface area contributed by atoms with Gasteiger partial charge in [0.15, 0.2) is 0 Å². The van der Waals surface area contributed by atoms with E-state index in [1.54, 1.807) is 0 Å². The molecule has 2 rings (SSSR count). The number of aromatic nitrogens is 2. The third kappa shape index (κ3) is 1.62. The second-order valence-corrected chi connectivity index (χ2v) is 4.71. The van der Waals surface area contributed by atoms with Crippen molar-refractivity contribution in [1.82, 2.24) is 9.78 Å². The van der Waals surface area contributed by atoms with Crippen molar-refractivity contribution < 1.29 is 9.90 Å². The van der Waals surface area contributed by atoms with E-state index in [1.807, 2.05) is 18.5 Å². The van der Waals surface area contributed by atoms with Crippen LogP contribution in [0.2, 0.25) is 0 Å². The van der Waals surface area contributed by atoms with E-state index < -0.39 is 5.97 Å². The number of carboxylic acid groups (broad SMARTS) is 1. The summed E-state index contributed by atoms with van der Waals surface area (Å²) in [5.74, 6) is -0.708. The number of carbonyl (C=O) groups is 1. The van der Waals surface area contributed by atoms with E-state index in [4.69, 9.17) is 5.11 Å². The van der Waals surface area contributed by atoms with Gasteiger partial charge in [0.05, 0.1) is 12.1 Å². The van der Waals surface area contributed by atoms with Crippen LogP contribution in [0, 0.1) is 13.8 Å². The Morgan fingerprint density at radius 1 is 1.50 bits per heavy atom. The smallest absolute Gasteiger partial charge is 0.304 e. The van der Waals surface area contributed by atoms with Gasteiger partial charge in [0.1, 0.15) is 0 Å². The molecule has 0 spiro atoms. The Bertz CT molecular complexity index is 430. The summed E-state index contributed by atoms with van der Waals surface area (Å²) in [5.41, 5.74) is 3.20. The van der Waals surface area contributed by atoms with Crippen LogP contribution in [0.15, 0.2) is 0 Å². The Morgan fingerprint density at radius 3 is 2.50 bits per heavy atom. The lowest BCUT2D eigenvalue weighted by Crippen LogP contribution is -2.15. The zero-order valence-corrected chi connectivity index (χ0v) is 10.1. The average molecular weight is 222 g/mol. The summed E-state index contributed by atoms with van der Waals surface area (Å²) in [6.45, 7) is 6.92. The van der Waals surface area contributed by atoms with Gasteiger partial charge in [-0.25, -0.2) is 0 Å². The van der Waals surface area contributed by atoms with Gasteiger partial charge >= 0.3 is 5.97 Å². The average Bonchev–Trinajstić information content (AvgIpc) is 2.86. The van der Waals surface area contributed by atoms with Crippen LogP contribution in [-0.4, -0.2) is 20.9 Å². The highest BCUT2D eigenvalue weighted by molar-refractivity contribution is 5.70. The first-order chi connectivity index (χ1) is 7.50. The topological polar surface area (TPSA) is 55.1 Å². The molecule has 0 aromatic carbocycles. The Hall–Kier alpha value is -1.32. The van der Waals surface area contributed by atoms with E-state index in [2.05, 4.69) is 12.0 Å². The second kappa shape index (κ2) is 3.61. The lowest BCUT2D eigenvalue weighted by atomic mass is 9.91. The van der Waals surface area contributed by atoms with Crippen molar-refractivity contribution in [2.45, 2.75) is 52.0 Å². The second-order valence-electron chi connectivity index (χ2n) is 4.71. The molecule has 1 aromatic rings. The van der Waals surface area contributed by atoms with Crippen molar-refractivity contribution >= 4 is 5.97 Å². The summed E-state index contributed by atoms with van der Waals surface area (Å²) in [6.07, 6.45) is 2.21. The molecule has 1 aromatic heterocycles. The minimum atomic E-state index is -0.708. The van der Waals surface area contributed by atoms with Gasteiger partial charge in [0.25, 0.3) is 0 Å². The van der Waals surface area contributed by atoms with Crippen molar-refractivity contribution in [2.75, 3.05) is 0 Å². The molecule has 0 amide bonds. The molecule has 1 N–H and O–H groups in total. The fraction of sp³-hybridized carbons (Fsp3) is 0.667. The first-order valence-corrected chi connectivity index (χ1v) is 5.76. The van der Waals surface area contributed by atoms with Crippen LogP contribution in [0.1, 0.15) is 43.1 Å². The van der Waals surface area contributed by atoms with Gasteiger partial charge in [-0.1, -0.05) is 0 Å². The molecule has 1 aliphatic rings. The van der Waals surface area contributed by atoms with Crippen LogP contribution >= 0.6 is 0 Å². The third-order valence-electron chi connectivity index (χ3n) is 3.55. The van der Waals surface area contributed by atoms with Crippen LogP contribution < -0.4 is 0 Å². The molecule has 1 saturated carbocycles. The summed E-state index contributed by atoms with van der Waals surface area (Å²) in [7, 11) is 0. The maximum absolute atomic E-state index is 10.9. The summed E-state index contributed by atoms with van der Waals surface area (Å²) in [6, 6.07) is 0. The number of hydrogen-bond acceptors (Lipinski definition) is 2. The van der Waals surface area contributed by atoms with Gasteiger partial charge in [-0.05, 0) is 33.6 Å². The maximum atomic E-state index is 10.9. The minimum Gasteiger partial charge on any atom is -0.481 e. The molecule has 4 heteroatoms. The molecule has 0 unspecified atom stereocenters. The van der Waals surface area contributed by atoms with Crippen LogP contribution in [0.25, 0.3) is 0 Å². The van der Waals surface area contributed by atoms with E-state index in [1.165, 1.54) is 5.56 Å². The predicted octanol–water partition coefficient (Wildman–Crippen LogP) is 2.03. The van der Waals surface area contributed by atoms with Gasteiger partial charge in [0, 0.05) is 23.2 Å². The molecule has 1 fully saturated rings. The quantitative estimate of drug-likeness (QED) is 0.848. The van der Waals surface area contributed by atoms with Gasteiger partial charge in [-0.3, -0.25) is 9.48 Å². The minimum absolute atomic E-state index is 0.118. The fourth-order valence-electron chi connectivity index (χ4n) is 2.73. The molecule has 88 valence electrons. The summed E-state index contributed by atoms with van der Waals surface area (Å²) in [5, 5.41) is 13.4. The van der Waals surface area contributed by atoms with Crippen LogP contribution in [0.4, 0.5) is 0 Å². The van der Waals surface area contributed by atoms with Crippen LogP contribution in [-0.2, 0) is 16.8 Å². The van der Waals surface area contributed by atoms with E-state index in [-0.39, 0.29) is 11.8 Å². The van der Waals surface area contributed by atoms with E-state index in [0.29, 0.717) is 0 Å². The van der Waals surface area contributed by atoms with Crippen molar-refractivity contribution in [3.63, 3.8) is 0 Å². The third-order valence-corrected chi connectivity index (χ3v) is 3.55. The number of aryl methyl sites for hydroxylation is 2. The Balaban J connectivity index is 2.40. The Morgan fingerprint density at radius 2 is 2.12 bits per heavy atom. The number of hydrogen-bond donors (Lipinski definition) is 1. The highest BCUT2D eigenvalue weighted by Crippen LogP contribution is 2.53. The molecule has 0 aliphatic heterocycles. The highest BCUT2D eigenvalue weighted by atomic mass is 16.4. The van der Waals surface area contributed by atoms with E-state index in [9.17, 15) is 4.79 Å². The van der Waals surface area contributed by atoms with Crippen molar-refractivity contribution in [3.05, 3.63) is 17.0 Å². The molecule has 0 atom stereocenters. The molecule has 1 heterocycles. The van der Waals surface area contributed by atoms with Crippen molar-refractivity contribution in [3.8, 4) is 0 Å². The zero-order valence-electron chi connectivity index (χ0n) is 10.1. The normalized spacial score (nSPS) is 17.4. The number of aliphatic carboxylic acids is 1. The van der Waals surface area contributed by atoms with Crippen molar-refractivity contribution in [2.24, 2.45) is 0 Å². The van der Waals surface area contributed by atoms with Gasteiger partial charge in [-0.2, -0.15) is 5.10 Å². The molecule has 0 bridgehead atoms. The molecule has 0 saturated heterocycles. The fourth-order valence-corrected chi connectivity index (χ4v) is 2.73. The predicted molar refractivity (Wildman–Crippen MR) is 60.5 cm³/mol. The maximum Gasteiger partial charge on any atom is 0.304 e. The molecular formula is C12H18N2O2. The monoisotopic (exact) mass is 222 g/mol. The molecule has 4 nitrogen and oxygen atoms in total. The van der Waals surface area contributed by atoms with E-state index >= 15 is 0 Å². The molecule has 1 aliphatic carbocycles.